The molecule has 0 saturated heterocycles. The first-order valence-electron chi connectivity index (χ1n) is 8.28. The first-order valence-corrected chi connectivity index (χ1v) is 8.28. The standard InChI is InChI=1S/C18H25N3O4/c1-11(2)18-20-17(25-21-18)9-8-16(22)19-12(3)14-10-13(23-4)6-7-15(14)24-5/h6-7,10-12H,8-9H2,1-5H3,(H,19,22)/t12-/m1/s1. The largest absolute Gasteiger partial charge is 0.497 e. The van der Waals surface area contributed by atoms with Gasteiger partial charge >= 0.3 is 0 Å². The Morgan fingerprint density at radius 3 is 2.60 bits per heavy atom. The number of nitrogens with one attached hydrogen (secondary N) is 1. The van der Waals surface area contributed by atoms with Crippen molar-refractivity contribution in [3.05, 3.63) is 35.5 Å². The number of ether oxygens (including phenoxy) is 2. The maximum Gasteiger partial charge on any atom is 0.227 e. The highest BCUT2D eigenvalue weighted by molar-refractivity contribution is 5.76. The molecule has 0 unspecified atom stereocenters. The summed E-state index contributed by atoms with van der Waals surface area (Å²) in [7, 11) is 3.20. The van der Waals surface area contributed by atoms with Gasteiger partial charge in [0.1, 0.15) is 11.5 Å². The molecule has 1 aromatic heterocycles. The summed E-state index contributed by atoms with van der Waals surface area (Å²) in [4.78, 5) is 16.5. The first kappa shape index (κ1) is 18.8. The van der Waals surface area contributed by atoms with Crippen LogP contribution < -0.4 is 14.8 Å². The van der Waals surface area contributed by atoms with E-state index in [1.165, 1.54) is 0 Å². The van der Waals surface area contributed by atoms with E-state index in [2.05, 4.69) is 15.5 Å². The fourth-order valence-electron chi connectivity index (χ4n) is 2.39. The second-order valence-electron chi connectivity index (χ2n) is 6.10. The molecule has 1 heterocycles. The Morgan fingerprint density at radius 2 is 2.00 bits per heavy atom. The smallest absolute Gasteiger partial charge is 0.227 e. The zero-order chi connectivity index (χ0) is 18.4. The highest BCUT2D eigenvalue weighted by atomic mass is 16.5. The van der Waals surface area contributed by atoms with Gasteiger partial charge in [-0.15, -0.1) is 0 Å². The zero-order valence-corrected chi connectivity index (χ0v) is 15.3. The van der Waals surface area contributed by atoms with Gasteiger partial charge in [-0.25, -0.2) is 0 Å². The molecular formula is C18H25N3O4. The molecule has 2 rings (SSSR count). The molecule has 1 amide bonds. The predicted octanol–water partition coefficient (Wildman–Crippen LogP) is 3.02. The number of nitrogens with zero attached hydrogens (tertiary/aromatic N) is 2. The van der Waals surface area contributed by atoms with Gasteiger partial charge in [-0.3, -0.25) is 4.79 Å². The quantitative estimate of drug-likeness (QED) is 0.790. The summed E-state index contributed by atoms with van der Waals surface area (Å²) in [5.41, 5.74) is 0.857. The molecule has 1 aromatic carbocycles. The van der Waals surface area contributed by atoms with Crippen molar-refractivity contribution in [1.82, 2.24) is 15.5 Å². The van der Waals surface area contributed by atoms with Crippen molar-refractivity contribution in [3.63, 3.8) is 0 Å². The maximum absolute atomic E-state index is 12.2. The summed E-state index contributed by atoms with van der Waals surface area (Å²) < 4.78 is 15.8. The van der Waals surface area contributed by atoms with Crippen molar-refractivity contribution in [2.45, 2.75) is 45.6 Å². The van der Waals surface area contributed by atoms with E-state index < -0.39 is 0 Å². The van der Waals surface area contributed by atoms with Crippen LogP contribution in [0.4, 0.5) is 0 Å². The van der Waals surface area contributed by atoms with Crippen LogP contribution >= 0.6 is 0 Å². The summed E-state index contributed by atoms with van der Waals surface area (Å²) in [6, 6.07) is 5.28. The third kappa shape index (κ3) is 4.95. The molecule has 0 aliphatic heterocycles. The number of amides is 1. The van der Waals surface area contributed by atoms with Gasteiger partial charge in [0.25, 0.3) is 0 Å². The average molecular weight is 347 g/mol. The van der Waals surface area contributed by atoms with Crippen molar-refractivity contribution in [1.29, 1.82) is 0 Å². The van der Waals surface area contributed by atoms with E-state index in [0.717, 1.165) is 5.56 Å². The molecule has 0 spiro atoms. The minimum absolute atomic E-state index is 0.0957. The van der Waals surface area contributed by atoms with Crippen LogP contribution in [0.1, 0.15) is 56.4 Å². The van der Waals surface area contributed by atoms with Crippen LogP contribution in [-0.2, 0) is 11.2 Å². The summed E-state index contributed by atoms with van der Waals surface area (Å²) in [6.45, 7) is 5.88. The SMILES string of the molecule is COc1ccc(OC)c([C@@H](C)NC(=O)CCc2nc(C(C)C)no2)c1. The van der Waals surface area contributed by atoms with Gasteiger partial charge < -0.3 is 19.3 Å². The molecule has 136 valence electrons. The highest BCUT2D eigenvalue weighted by Crippen LogP contribution is 2.29. The summed E-state index contributed by atoms with van der Waals surface area (Å²) in [5, 5.41) is 6.85. The van der Waals surface area contributed by atoms with Gasteiger partial charge in [0.15, 0.2) is 5.82 Å². The molecule has 0 saturated carbocycles. The Bertz CT molecular complexity index is 712. The third-order valence-electron chi connectivity index (χ3n) is 3.85. The fourth-order valence-corrected chi connectivity index (χ4v) is 2.39. The van der Waals surface area contributed by atoms with E-state index in [4.69, 9.17) is 14.0 Å². The van der Waals surface area contributed by atoms with Gasteiger partial charge in [0.05, 0.1) is 20.3 Å². The number of hydrogen-bond acceptors (Lipinski definition) is 6. The molecule has 0 aliphatic carbocycles. The van der Waals surface area contributed by atoms with Crippen LogP contribution in [0.5, 0.6) is 11.5 Å². The van der Waals surface area contributed by atoms with Crippen LogP contribution in [0.15, 0.2) is 22.7 Å². The minimum Gasteiger partial charge on any atom is -0.497 e. The Kier molecular flexibility index (Phi) is 6.38. The average Bonchev–Trinajstić information content (AvgIpc) is 3.08. The highest BCUT2D eigenvalue weighted by Gasteiger charge is 2.16. The fraction of sp³-hybridized carbons (Fsp3) is 0.500. The van der Waals surface area contributed by atoms with Crippen LogP contribution in [0.2, 0.25) is 0 Å². The van der Waals surface area contributed by atoms with Crippen molar-refractivity contribution in [3.8, 4) is 11.5 Å². The molecule has 0 radical (unpaired) electrons. The summed E-state index contributed by atoms with van der Waals surface area (Å²) in [6.07, 6.45) is 0.684. The van der Waals surface area contributed by atoms with Crippen LogP contribution in [0.3, 0.4) is 0 Å². The maximum atomic E-state index is 12.2. The number of benzene rings is 1. The third-order valence-corrected chi connectivity index (χ3v) is 3.85. The summed E-state index contributed by atoms with van der Waals surface area (Å²) in [5.74, 6) is 2.65. The van der Waals surface area contributed by atoms with Gasteiger partial charge in [-0.05, 0) is 25.1 Å². The molecule has 1 N–H and O–H groups in total. The lowest BCUT2D eigenvalue weighted by Crippen LogP contribution is -2.27. The lowest BCUT2D eigenvalue weighted by molar-refractivity contribution is -0.121. The zero-order valence-electron chi connectivity index (χ0n) is 15.3. The van der Waals surface area contributed by atoms with Crippen LogP contribution in [-0.4, -0.2) is 30.3 Å². The van der Waals surface area contributed by atoms with Gasteiger partial charge in [-0.1, -0.05) is 19.0 Å². The van der Waals surface area contributed by atoms with E-state index in [1.807, 2.05) is 39.0 Å². The minimum atomic E-state index is -0.216. The van der Waals surface area contributed by atoms with Crippen molar-refractivity contribution >= 4 is 5.91 Å². The van der Waals surface area contributed by atoms with E-state index in [-0.39, 0.29) is 24.3 Å². The molecule has 7 heteroatoms. The molecule has 7 nitrogen and oxygen atoms in total. The number of aromatic nitrogens is 2. The second kappa shape index (κ2) is 8.50. The normalized spacial score (nSPS) is 12.1. The molecule has 0 bridgehead atoms. The molecule has 0 fully saturated rings. The molecule has 1 atom stereocenters. The number of carbonyl (C=O) groups excluding carboxylic acids is 1. The van der Waals surface area contributed by atoms with E-state index in [1.54, 1.807) is 14.2 Å². The molecule has 25 heavy (non-hydrogen) atoms. The van der Waals surface area contributed by atoms with Gasteiger partial charge in [0, 0.05) is 24.3 Å². The number of hydrogen-bond donors (Lipinski definition) is 1. The molecule has 2 aromatic rings. The van der Waals surface area contributed by atoms with E-state index in [0.29, 0.717) is 29.6 Å². The summed E-state index contributed by atoms with van der Waals surface area (Å²) >= 11 is 0. The van der Waals surface area contributed by atoms with E-state index in [9.17, 15) is 4.79 Å². The number of methoxy groups -OCH3 is 2. The second-order valence-corrected chi connectivity index (χ2v) is 6.10. The Hall–Kier alpha value is -2.57. The first-order chi connectivity index (χ1) is 11.9. The number of carbonyl (C=O) groups is 1. The number of aryl methyl sites for hydroxylation is 1. The topological polar surface area (TPSA) is 86.5 Å². The molecule has 0 aliphatic rings. The Balaban J connectivity index is 1.95. The monoisotopic (exact) mass is 347 g/mol. The van der Waals surface area contributed by atoms with Crippen molar-refractivity contribution < 1.29 is 18.8 Å². The van der Waals surface area contributed by atoms with Gasteiger partial charge in [0.2, 0.25) is 11.8 Å². The Labute approximate surface area is 147 Å². The van der Waals surface area contributed by atoms with Crippen molar-refractivity contribution in [2.75, 3.05) is 14.2 Å². The van der Waals surface area contributed by atoms with Crippen LogP contribution in [0.25, 0.3) is 0 Å². The van der Waals surface area contributed by atoms with E-state index >= 15 is 0 Å². The van der Waals surface area contributed by atoms with Crippen LogP contribution in [0, 0.1) is 0 Å². The lowest BCUT2D eigenvalue weighted by Gasteiger charge is -2.18. The number of rotatable bonds is 8. The molecular weight excluding hydrogens is 322 g/mol. The van der Waals surface area contributed by atoms with Crippen molar-refractivity contribution in [2.24, 2.45) is 0 Å². The predicted molar refractivity (Wildman–Crippen MR) is 92.8 cm³/mol. The lowest BCUT2D eigenvalue weighted by atomic mass is 10.1. The Morgan fingerprint density at radius 1 is 1.24 bits per heavy atom. The van der Waals surface area contributed by atoms with Gasteiger partial charge in [-0.2, -0.15) is 4.98 Å².